The Morgan fingerprint density at radius 1 is 1.07 bits per heavy atom. The van der Waals surface area contributed by atoms with Gasteiger partial charge in [-0.25, -0.2) is 0 Å². The lowest BCUT2D eigenvalue weighted by molar-refractivity contribution is 0.289. The van der Waals surface area contributed by atoms with Gasteiger partial charge in [-0.3, -0.25) is 4.57 Å². The Kier molecular flexibility index (Phi) is 7.07. The zero-order valence-electron chi connectivity index (χ0n) is 14.2. The minimum Gasteiger partial charge on any atom is -0.484 e. The average Bonchev–Trinajstić information content (AvgIpc) is 3.04. The van der Waals surface area contributed by atoms with Gasteiger partial charge in [0.15, 0.2) is 11.0 Å². The lowest BCUT2D eigenvalue weighted by Gasteiger charge is -2.10. The molecule has 0 N–H and O–H groups in total. The number of nitrogens with zero attached hydrogens (tertiary/aromatic N) is 3. The van der Waals surface area contributed by atoms with Crippen LogP contribution in [-0.2, 0) is 18.9 Å². The van der Waals surface area contributed by atoms with Gasteiger partial charge in [-0.15, -0.1) is 16.8 Å². The Balaban J connectivity index is 1.73. The van der Waals surface area contributed by atoms with Gasteiger partial charge in [0, 0.05) is 28.4 Å². The SMILES string of the molecule is C=CCn1c(COc2cc(Cl)ccc2Cl)nnc1SCc1ccccc1Cl. The maximum atomic E-state index is 6.23. The Hall–Kier alpha value is -1.66. The number of allylic oxidation sites excluding steroid dienone is 1. The lowest BCUT2D eigenvalue weighted by Crippen LogP contribution is -2.07. The molecule has 0 spiro atoms. The topological polar surface area (TPSA) is 39.9 Å². The van der Waals surface area contributed by atoms with Crippen molar-refractivity contribution in [2.45, 2.75) is 24.1 Å². The zero-order valence-corrected chi connectivity index (χ0v) is 17.3. The summed E-state index contributed by atoms with van der Waals surface area (Å²) in [5.41, 5.74) is 1.04. The smallest absolute Gasteiger partial charge is 0.191 e. The number of halogens is 3. The van der Waals surface area contributed by atoms with Crippen molar-refractivity contribution < 1.29 is 4.74 Å². The second-order valence-electron chi connectivity index (χ2n) is 5.54. The molecule has 2 aromatic carbocycles. The standard InChI is InChI=1S/C19H16Cl3N3OS/c1-2-9-25-18(11-26-17-10-14(20)7-8-16(17)22)23-24-19(25)27-12-13-5-3-4-6-15(13)21/h2-8,10H,1,9,11-12H2. The fourth-order valence-electron chi connectivity index (χ4n) is 2.33. The van der Waals surface area contributed by atoms with Crippen LogP contribution in [0, 0.1) is 0 Å². The van der Waals surface area contributed by atoms with Crippen LogP contribution in [-0.4, -0.2) is 14.8 Å². The second-order valence-corrected chi connectivity index (χ2v) is 7.73. The highest BCUT2D eigenvalue weighted by atomic mass is 35.5. The molecule has 0 atom stereocenters. The quantitative estimate of drug-likeness (QED) is 0.304. The molecule has 27 heavy (non-hydrogen) atoms. The Bertz CT molecular complexity index is 946. The molecule has 0 aliphatic carbocycles. The summed E-state index contributed by atoms with van der Waals surface area (Å²) in [5, 5.41) is 11.1. The molecule has 0 fully saturated rings. The first-order chi connectivity index (χ1) is 13.1. The molecule has 0 amide bonds. The highest BCUT2D eigenvalue weighted by Gasteiger charge is 2.14. The van der Waals surface area contributed by atoms with Crippen LogP contribution in [0.2, 0.25) is 15.1 Å². The number of rotatable bonds is 8. The number of aromatic nitrogens is 3. The van der Waals surface area contributed by atoms with E-state index in [0.29, 0.717) is 33.9 Å². The molecular weight excluding hydrogens is 425 g/mol. The van der Waals surface area contributed by atoms with E-state index in [4.69, 9.17) is 39.5 Å². The predicted molar refractivity (Wildman–Crippen MR) is 112 cm³/mol. The monoisotopic (exact) mass is 439 g/mol. The molecule has 0 saturated heterocycles. The molecule has 1 aromatic heterocycles. The third-order valence-corrected chi connectivity index (χ3v) is 5.60. The molecule has 4 nitrogen and oxygen atoms in total. The van der Waals surface area contributed by atoms with Gasteiger partial charge in [0.1, 0.15) is 12.4 Å². The van der Waals surface area contributed by atoms with Crippen LogP contribution in [0.1, 0.15) is 11.4 Å². The first-order valence-electron chi connectivity index (χ1n) is 8.05. The third-order valence-electron chi connectivity index (χ3n) is 3.67. The molecule has 3 rings (SSSR count). The van der Waals surface area contributed by atoms with Crippen molar-refractivity contribution in [1.82, 2.24) is 14.8 Å². The molecule has 0 aliphatic rings. The van der Waals surface area contributed by atoms with Crippen molar-refractivity contribution in [3.63, 3.8) is 0 Å². The second kappa shape index (κ2) is 9.51. The maximum Gasteiger partial charge on any atom is 0.191 e. The minimum atomic E-state index is 0.216. The first kappa shape index (κ1) is 20.1. The van der Waals surface area contributed by atoms with Crippen molar-refractivity contribution >= 4 is 46.6 Å². The van der Waals surface area contributed by atoms with Gasteiger partial charge < -0.3 is 4.74 Å². The Labute approximate surface area is 177 Å². The van der Waals surface area contributed by atoms with E-state index in [9.17, 15) is 0 Å². The highest BCUT2D eigenvalue weighted by Crippen LogP contribution is 2.29. The molecule has 8 heteroatoms. The van der Waals surface area contributed by atoms with Crippen molar-refractivity contribution in [1.29, 1.82) is 0 Å². The number of benzene rings is 2. The van der Waals surface area contributed by atoms with Crippen LogP contribution >= 0.6 is 46.6 Å². The van der Waals surface area contributed by atoms with Crippen LogP contribution in [0.3, 0.4) is 0 Å². The van der Waals surface area contributed by atoms with Gasteiger partial charge in [0.05, 0.1) is 5.02 Å². The van der Waals surface area contributed by atoms with Gasteiger partial charge in [-0.2, -0.15) is 0 Å². The summed E-state index contributed by atoms with van der Waals surface area (Å²) in [5.74, 6) is 1.87. The van der Waals surface area contributed by atoms with E-state index >= 15 is 0 Å². The summed E-state index contributed by atoms with van der Waals surface area (Å²) in [4.78, 5) is 0. The predicted octanol–water partition coefficient (Wildman–Crippen LogP) is 6.30. The summed E-state index contributed by atoms with van der Waals surface area (Å²) in [6.45, 7) is 4.59. The Morgan fingerprint density at radius 3 is 2.67 bits per heavy atom. The van der Waals surface area contributed by atoms with Crippen LogP contribution in [0.25, 0.3) is 0 Å². The average molecular weight is 441 g/mol. The fourth-order valence-corrected chi connectivity index (χ4v) is 3.92. The third kappa shape index (κ3) is 5.20. The summed E-state index contributed by atoms with van der Waals surface area (Å²) >= 11 is 19.9. The summed E-state index contributed by atoms with van der Waals surface area (Å²) in [6.07, 6.45) is 1.79. The largest absolute Gasteiger partial charge is 0.484 e. The maximum absolute atomic E-state index is 6.23. The van der Waals surface area contributed by atoms with Gasteiger partial charge in [0.2, 0.25) is 0 Å². The summed E-state index contributed by atoms with van der Waals surface area (Å²) in [7, 11) is 0. The van der Waals surface area contributed by atoms with Crippen LogP contribution in [0.15, 0.2) is 60.3 Å². The Morgan fingerprint density at radius 2 is 1.89 bits per heavy atom. The molecule has 0 radical (unpaired) electrons. The normalized spacial score (nSPS) is 10.8. The molecule has 0 saturated carbocycles. The first-order valence-corrected chi connectivity index (χ1v) is 10.2. The molecule has 1 heterocycles. The van der Waals surface area contributed by atoms with Gasteiger partial charge in [-0.05, 0) is 23.8 Å². The van der Waals surface area contributed by atoms with Gasteiger partial charge in [-0.1, -0.05) is 70.8 Å². The van der Waals surface area contributed by atoms with E-state index in [1.807, 2.05) is 28.8 Å². The van der Waals surface area contributed by atoms with Crippen LogP contribution in [0.5, 0.6) is 5.75 Å². The number of thioether (sulfide) groups is 1. The molecule has 3 aromatic rings. The van der Waals surface area contributed by atoms with Crippen molar-refractivity contribution in [3.05, 3.63) is 81.6 Å². The molecular formula is C19H16Cl3N3OS. The molecule has 0 unspecified atom stereocenters. The lowest BCUT2D eigenvalue weighted by atomic mass is 10.2. The zero-order chi connectivity index (χ0) is 19.2. The molecule has 0 bridgehead atoms. The summed E-state index contributed by atoms with van der Waals surface area (Å²) < 4.78 is 7.73. The van der Waals surface area contributed by atoms with Crippen molar-refractivity contribution in [2.75, 3.05) is 0 Å². The molecule has 140 valence electrons. The fraction of sp³-hybridized carbons (Fsp3) is 0.158. The van der Waals surface area contributed by atoms with E-state index in [2.05, 4.69) is 16.8 Å². The highest BCUT2D eigenvalue weighted by molar-refractivity contribution is 7.98. The van der Waals surface area contributed by atoms with Crippen LogP contribution in [0.4, 0.5) is 0 Å². The van der Waals surface area contributed by atoms with E-state index in [1.165, 1.54) is 0 Å². The van der Waals surface area contributed by atoms with Crippen LogP contribution < -0.4 is 4.74 Å². The van der Waals surface area contributed by atoms with E-state index in [0.717, 1.165) is 15.7 Å². The van der Waals surface area contributed by atoms with E-state index < -0.39 is 0 Å². The number of hydrogen-bond acceptors (Lipinski definition) is 4. The van der Waals surface area contributed by atoms with Crippen molar-refractivity contribution in [2.24, 2.45) is 0 Å². The van der Waals surface area contributed by atoms with E-state index in [-0.39, 0.29) is 6.61 Å². The number of ether oxygens (including phenoxy) is 1. The number of hydrogen-bond donors (Lipinski definition) is 0. The summed E-state index contributed by atoms with van der Waals surface area (Å²) in [6, 6.07) is 12.8. The van der Waals surface area contributed by atoms with Crippen molar-refractivity contribution in [3.8, 4) is 5.75 Å². The van der Waals surface area contributed by atoms with E-state index in [1.54, 1.807) is 36.0 Å². The van der Waals surface area contributed by atoms with Gasteiger partial charge in [0.25, 0.3) is 0 Å². The molecule has 0 aliphatic heterocycles. The van der Waals surface area contributed by atoms with Gasteiger partial charge >= 0.3 is 0 Å². The minimum absolute atomic E-state index is 0.216.